The zero-order chi connectivity index (χ0) is 22.0. The van der Waals surface area contributed by atoms with Crippen molar-refractivity contribution in [3.8, 4) is 11.5 Å². The summed E-state index contributed by atoms with van der Waals surface area (Å²) in [6.07, 6.45) is 1.12. The molecular weight excluding hydrogens is 463 g/mol. The summed E-state index contributed by atoms with van der Waals surface area (Å²) >= 11 is 12.0. The van der Waals surface area contributed by atoms with E-state index < -0.39 is 15.9 Å². The number of anilines is 1. The van der Waals surface area contributed by atoms with Crippen LogP contribution in [0.2, 0.25) is 10.0 Å². The number of nitrogens with zero attached hydrogens (tertiary/aromatic N) is 3. The number of hydrogen-bond acceptors (Lipinski definition) is 6. The van der Waals surface area contributed by atoms with E-state index in [1.165, 1.54) is 4.31 Å². The Kier molecular flexibility index (Phi) is 6.29. The van der Waals surface area contributed by atoms with Crippen LogP contribution < -0.4 is 5.32 Å². The number of nitrogens with one attached hydrogen (secondary N) is 1. The number of amides is 1. The van der Waals surface area contributed by atoms with Gasteiger partial charge in [-0.15, -0.1) is 5.10 Å². The first kappa shape index (κ1) is 21.8. The van der Waals surface area contributed by atoms with Gasteiger partial charge in [0, 0.05) is 28.7 Å². The lowest BCUT2D eigenvalue weighted by atomic mass is 9.99. The van der Waals surface area contributed by atoms with Gasteiger partial charge in [0.15, 0.2) is 0 Å². The maximum Gasteiger partial charge on any atom is 0.322 e. The van der Waals surface area contributed by atoms with Crippen LogP contribution in [-0.4, -0.2) is 41.9 Å². The number of halogens is 2. The molecule has 2 heterocycles. The molecule has 1 saturated heterocycles. The second-order valence-corrected chi connectivity index (χ2v) is 9.89. The molecule has 1 N–H and O–H groups in total. The van der Waals surface area contributed by atoms with E-state index in [1.807, 2.05) is 0 Å². The number of carbonyl (C=O) groups is 1. The Bertz CT molecular complexity index is 1180. The molecular formula is C20H18Cl2N4O4S. The lowest BCUT2D eigenvalue weighted by molar-refractivity contribution is -0.121. The average molecular weight is 481 g/mol. The van der Waals surface area contributed by atoms with Gasteiger partial charge in [0.05, 0.1) is 10.8 Å². The number of aromatic nitrogens is 2. The van der Waals surface area contributed by atoms with Crippen molar-refractivity contribution in [1.29, 1.82) is 0 Å². The van der Waals surface area contributed by atoms with Crippen LogP contribution in [0.15, 0.2) is 57.8 Å². The molecule has 0 bridgehead atoms. The van der Waals surface area contributed by atoms with Gasteiger partial charge in [-0.05, 0) is 43.2 Å². The maximum atomic E-state index is 12.9. The lowest BCUT2D eigenvalue weighted by Gasteiger charge is -2.30. The van der Waals surface area contributed by atoms with Crippen LogP contribution in [0.25, 0.3) is 11.5 Å². The summed E-state index contributed by atoms with van der Waals surface area (Å²) in [5, 5.41) is 11.1. The van der Waals surface area contributed by atoms with Gasteiger partial charge in [-0.3, -0.25) is 10.1 Å². The normalized spacial score (nSPS) is 17.4. The van der Waals surface area contributed by atoms with Crippen LogP contribution in [0.1, 0.15) is 12.8 Å². The molecule has 31 heavy (non-hydrogen) atoms. The SMILES string of the molecule is O=C(Nc1nnc(-c2cc(Cl)cc(Cl)c2)o1)C1CCCN(S(=O)(=O)c2ccccc2)C1. The molecule has 1 amide bonds. The first-order valence-electron chi connectivity index (χ1n) is 9.49. The summed E-state index contributed by atoms with van der Waals surface area (Å²) in [6, 6.07) is 12.9. The van der Waals surface area contributed by atoms with Crippen molar-refractivity contribution in [2.45, 2.75) is 17.7 Å². The molecule has 162 valence electrons. The van der Waals surface area contributed by atoms with Crippen LogP contribution in [0.4, 0.5) is 6.01 Å². The molecule has 3 aromatic rings. The first-order chi connectivity index (χ1) is 14.8. The smallest absolute Gasteiger partial charge is 0.322 e. The fourth-order valence-electron chi connectivity index (χ4n) is 3.39. The third kappa shape index (κ3) is 4.90. The zero-order valence-electron chi connectivity index (χ0n) is 16.2. The molecule has 0 saturated carbocycles. The molecule has 1 fully saturated rings. The van der Waals surface area contributed by atoms with Gasteiger partial charge in [-0.25, -0.2) is 8.42 Å². The molecule has 1 aromatic heterocycles. The predicted molar refractivity (Wildman–Crippen MR) is 116 cm³/mol. The van der Waals surface area contributed by atoms with E-state index in [9.17, 15) is 13.2 Å². The van der Waals surface area contributed by atoms with E-state index in [4.69, 9.17) is 27.6 Å². The molecule has 8 nitrogen and oxygen atoms in total. The molecule has 0 spiro atoms. The van der Waals surface area contributed by atoms with E-state index >= 15 is 0 Å². The second-order valence-electron chi connectivity index (χ2n) is 7.07. The average Bonchev–Trinajstić information content (AvgIpc) is 3.22. The number of benzene rings is 2. The minimum atomic E-state index is -3.66. The highest BCUT2D eigenvalue weighted by Gasteiger charge is 2.33. The van der Waals surface area contributed by atoms with E-state index in [-0.39, 0.29) is 29.3 Å². The van der Waals surface area contributed by atoms with Crippen LogP contribution in [0.5, 0.6) is 0 Å². The van der Waals surface area contributed by atoms with Gasteiger partial charge in [0.1, 0.15) is 0 Å². The van der Waals surface area contributed by atoms with Gasteiger partial charge in [0.25, 0.3) is 0 Å². The second kappa shape index (κ2) is 8.96. The van der Waals surface area contributed by atoms with E-state index in [0.717, 1.165) is 0 Å². The van der Waals surface area contributed by atoms with Gasteiger partial charge >= 0.3 is 6.01 Å². The van der Waals surface area contributed by atoms with Crippen LogP contribution in [0.3, 0.4) is 0 Å². The molecule has 2 aromatic carbocycles. The van der Waals surface area contributed by atoms with Crippen molar-refractivity contribution in [1.82, 2.24) is 14.5 Å². The maximum absolute atomic E-state index is 12.9. The highest BCUT2D eigenvalue weighted by Crippen LogP contribution is 2.28. The minimum Gasteiger partial charge on any atom is -0.403 e. The summed E-state index contributed by atoms with van der Waals surface area (Å²) in [5.41, 5.74) is 0.517. The molecule has 1 aliphatic heterocycles. The zero-order valence-corrected chi connectivity index (χ0v) is 18.5. The summed E-state index contributed by atoms with van der Waals surface area (Å²) in [4.78, 5) is 12.9. The first-order valence-corrected chi connectivity index (χ1v) is 11.7. The molecule has 11 heteroatoms. The Morgan fingerprint density at radius 1 is 1.10 bits per heavy atom. The highest BCUT2D eigenvalue weighted by atomic mass is 35.5. The Morgan fingerprint density at radius 3 is 2.52 bits per heavy atom. The largest absolute Gasteiger partial charge is 0.403 e. The van der Waals surface area contributed by atoms with E-state index in [1.54, 1.807) is 48.5 Å². The van der Waals surface area contributed by atoms with Gasteiger partial charge in [-0.2, -0.15) is 4.31 Å². The standard InChI is InChI=1S/C20H18Cl2N4O4S/c21-15-9-14(10-16(22)11-15)19-24-25-20(30-19)23-18(27)13-5-4-8-26(12-13)31(28,29)17-6-2-1-3-7-17/h1-3,6-7,9-11,13H,4-5,8,12H2,(H,23,25,27). The molecule has 0 aliphatic carbocycles. The molecule has 1 unspecified atom stereocenters. The summed E-state index contributed by atoms with van der Waals surface area (Å²) < 4.78 is 32.6. The Labute approximate surface area is 189 Å². The Morgan fingerprint density at radius 2 is 1.81 bits per heavy atom. The molecule has 1 atom stereocenters. The third-order valence-corrected chi connectivity index (χ3v) is 7.22. The monoisotopic (exact) mass is 480 g/mol. The number of rotatable bonds is 5. The summed E-state index contributed by atoms with van der Waals surface area (Å²) in [7, 11) is -3.66. The number of sulfonamides is 1. The van der Waals surface area contributed by atoms with Crippen molar-refractivity contribution in [2.24, 2.45) is 5.92 Å². The van der Waals surface area contributed by atoms with Gasteiger partial charge in [-0.1, -0.05) is 46.5 Å². The fourth-order valence-corrected chi connectivity index (χ4v) is 5.46. The number of hydrogen-bond donors (Lipinski definition) is 1. The van der Waals surface area contributed by atoms with Crippen LogP contribution in [0, 0.1) is 5.92 Å². The van der Waals surface area contributed by atoms with E-state index in [2.05, 4.69) is 15.5 Å². The van der Waals surface area contributed by atoms with Crippen molar-refractivity contribution in [3.05, 3.63) is 58.6 Å². The van der Waals surface area contributed by atoms with Crippen molar-refractivity contribution in [3.63, 3.8) is 0 Å². The van der Waals surface area contributed by atoms with Gasteiger partial charge in [0.2, 0.25) is 21.8 Å². The van der Waals surface area contributed by atoms with Crippen molar-refractivity contribution < 1.29 is 17.6 Å². The number of carbonyl (C=O) groups excluding carboxylic acids is 1. The van der Waals surface area contributed by atoms with Crippen molar-refractivity contribution >= 4 is 45.1 Å². The molecule has 1 aliphatic rings. The molecule has 0 radical (unpaired) electrons. The number of piperidine rings is 1. The van der Waals surface area contributed by atoms with Crippen LogP contribution >= 0.6 is 23.2 Å². The minimum absolute atomic E-state index is 0.0773. The van der Waals surface area contributed by atoms with Gasteiger partial charge < -0.3 is 4.42 Å². The molecule has 4 rings (SSSR count). The quantitative estimate of drug-likeness (QED) is 0.589. The Hall–Kier alpha value is -2.46. The summed E-state index contributed by atoms with van der Waals surface area (Å²) in [5.74, 6) is -0.771. The highest BCUT2D eigenvalue weighted by molar-refractivity contribution is 7.89. The summed E-state index contributed by atoms with van der Waals surface area (Å²) in [6.45, 7) is 0.440. The van der Waals surface area contributed by atoms with E-state index in [0.29, 0.717) is 35.0 Å². The van der Waals surface area contributed by atoms with Crippen LogP contribution in [-0.2, 0) is 14.8 Å². The lowest BCUT2D eigenvalue weighted by Crippen LogP contribution is -2.43. The van der Waals surface area contributed by atoms with Crippen molar-refractivity contribution in [2.75, 3.05) is 18.4 Å². The fraction of sp³-hybridized carbons (Fsp3) is 0.250. The Balaban J connectivity index is 1.45. The topological polar surface area (TPSA) is 105 Å². The third-order valence-electron chi connectivity index (χ3n) is 4.90. The predicted octanol–water partition coefficient (Wildman–Crippen LogP) is 4.08.